The zero-order valence-corrected chi connectivity index (χ0v) is 15.0. The lowest BCUT2D eigenvalue weighted by atomic mass is 9.86. The molecule has 0 N–H and O–H groups in total. The Hall–Kier alpha value is -3.16. The zero-order valence-electron chi connectivity index (χ0n) is 15.0. The molecule has 0 bridgehead atoms. The Morgan fingerprint density at radius 3 is 1.89 bits per heavy atom. The number of imide groups is 1. The van der Waals surface area contributed by atoms with E-state index in [-0.39, 0.29) is 17.5 Å². The van der Waals surface area contributed by atoms with Crippen molar-refractivity contribution in [3.63, 3.8) is 0 Å². The Kier molecular flexibility index (Phi) is 4.74. The van der Waals surface area contributed by atoms with Crippen LogP contribution in [0.5, 0.6) is 0 Å². The number of nitrogens with zero attached hydrogens (tertiary/aromatic N) is 1. The number of fused-ring (bicyclic) bond motifs is 1. The fourth-order valence-corrected chi connectivity index (χ4v) is 2.85. The highest BCUT2D eigenvalue weighted by Crippen LogP contribution is 2.31. The van der Waals surface area contributed by atoms with Gasteiger partial charge in [0, 0.05) is 0 Å². The molecular formula is C20H16F3NO4. The van der Waals surface area contributed by atoms with E-state index in [1.54, 1.807) is 12.1 Å². The molecule has 0 atom stereocenters. The first-order chi connectivity index (χ1) is 13.0. The molecule has 0 aliphatic carbocycles. The van der Waals surface area contributed by atoms with Gasteiger partial charge in [0.1, 0.15) is 0 Å². The van der Waals surface area contributed by atoms with Crippen molar-refractivity contribution in [1.29, 1.82) is 0 Å². The maximum absolute atomic E-state index is 12.7. The second kappa shape index (κ2) is 6.78. The molecule has 2 amide bonds. The van der Waals surface area contributed by atoms with E-state index in [1.165, 1.54) is 38.1 Å². The summed E-state index contributed by atoms with van der Waals surface area (Å²) in [6, 6.07) is 10.5. The molecule has 8 heteroatoms. The molecule has 2 aromatic carbocycles. The molecular weight excluding hydrogens is 375 g/mol. The van der Waals surface area contributed by atoms with Crippen molar-refractivity contribution in [2.75, 3.05) is 0 Å². The molecule has 5 nitrogen and oxygen atoms in total. The molecule has 1 aliphatic heterocycles. The summed E-state index contributed by atoms with van der Waals surface area (Å²) in [6.07, 6.45) is -4.38. The molecule has 0 spiro atoms. The van der Waals surface area contributed by atoms with Gasteiger partial charge in [-0.1, -0.05) is 29.3 Å². The van der Waals surface area contributed by atoms with Gasteiger partial charge in [-0.2, -0.15) is 13.2 Å². The Morgan fingerprint density at radius 2 is 1.43 bits per heavy atom. The standard InChI is InChI=1S/C20H16F3NO4/c1-19(2,11-12-7-9-13(10-8-12)20(21,22)23)18(27)28-24-16(25)14-5-3-4-6-15(14)17(24)26/h3-10H,11H2,1-2H3. The van der Waals surface area contributed by atoms with Crippen LogP contribution in [0.25, 0.3) is 0 Å². The topological polar surface area (TPSA) is 63.7 Å². The zero-order chi connectivity index (χ0) is 20.7. The van der Waals surface area contributed by atoms with E-state index in [1.807, 2.05) is 0 Å². The van der Waals surface area contributed by atoms with Gasteiger partial charge in [-0.05, 0) is 50.1 Å². The number of amides is 2. The van der Waals surface area contributed by atoms with E-state index in [0.29, 0.717) is 10.6 Å². The lowest BCUT2D eigenvalue weighted by Crippen LogP contribution is -2.39. The number of hydrogen-bond donors (Lipinski definition) is 0. The van der Waals surface area contributed by atoms with Crippen LogP contribution in [0, 0.1) is 5.41 Å². The van der Waals surface area contributed by atoms with Crippen molar-refractivity contribution in [1.82, 2.24) is 5.06 Å². The summed E-state index contributed by atoms with van der Waals surface area (Å²) in [4.78, 5) is 42.2. The number of carbonyl (C=O) groups is 3. The van der Waals surface area contributed by atoms with Gasteiger partial charge >= 0.3 is 12.1 Å². The van der Waals surface area contributed by atoms with Crippen LogP contribution < -0.4 is 0 Å². The van der Waals surface area contributed by atoms with Crippen molar-refractivity contribution < 1.29 is 32.4 Å². The minimum absolute atomic E-state index is 0.0626. The first-order valence-corrected chi connectivity index (χ1v) is 8.37. The number of carbonyl (C=O) groups excluding carboxylic acids is 3. The molecule has 146 valence electrons. The monoisotopic (exact) mass is 391 g/mol. The summed E-state index contributed by atoms with van der Waals surface area (Å²) < 4.78 is 38.0. The average molecular weight is 391 g/mol. The normalized spacial score (nSPS) is 14.2. The molecule has 3 rings (SSSR count). The summed E-state index contributed by atoms with van der Waals surface area (Å²) in [5, 5.41) is 0.418. The first-order valence-electron chi connectivity index (χ1n) is 8.37. The molecule has 0 aromatic heterocycles. The van der Waals surface area contributed by atoms with Crippen molar-refractivity contribution in [2.24, 2.45) is 5.41 Å². The van der Waals surface area contributed by atoms with Crippen molar-refractivity contribution in [3.05, 3.63) is 70.8 Å². The smallest absolute Gasteiger partial charge is 0.329 e. The third-order valence-corrected chi connectivity index (χ3v) is 4.41. The van der Waals surface area contributed by atoms with Gasteiger partial charge < -0.3 is 4.84 Å². The van der Waals surface area contributed by atoms with Gasteiger partial charge in [0.15, 0.2) is 0 Å². The van der Waals surface area contributed by atoms with Crippen LogP contribution in [-0.2, 0) is 22.2 Å². The Morgan fingerprint density at radius 1 is 0.929 bits per heavy atom. The van der Waals surface area contributed by atoms with E-state index in [2.05, 4.69) is 0 Å². The number of hydrogen-bond acceptors (Lipinski definition) is 4. The van der Waals surface area contributed by atoms with Crippen LogP contribution >= 0.6 is 0 Å². The van der Waals surface area contributed by atoms with Crippen LogP contribution in [0.2, 0.25) is 0 Å². The average Bonchev–Trinajstić information content (AvgIpc) is 2.86. The van der Waals surface area contributed by atoms with Crippen LogP contribution in [0.1, 0.15) is 45.7 Å². The van der Waals surface area contributed by atoms with Gasteiger partial charge in [0.25, 0.3) is 11.8 Å². The minimum Gasteiger partial charge on any atom is -0.329 e. The Labute approximate surface area is 158 Å². The van der Waals surface area contributed by atoms with Crippen molar-refractivity contribution >= 4 is 17.8 Å². The molecule has 0 fully saturated rings. The summed E-state index contributed by atoms with van der Waals surface area (Å²) in [5.41, 5.74) is -1.21. The summed E-state index contributed by atoms with van der Waals surface area (Å²) in [6.45, 7) is 3.04. The SMILES string of the molecule is CC(C)(Cc1ccc(C(F)(F)F)cc1)C(=O)ON1C(=O)c2ccccc2C1=O. The fourth-order valence-electron chi connectivity index (χ4n) is 2.85. The van der Waals surface area contributed by atoms with Gasteiger partial charge in [0.2, 0.25) is 0 Å². The van der Waals surface area contributed by atoms with Crippen LogP contribution in [0.15, 0.2) is 48.5 Å². The molecule has 0 saturated heterocycles. The first kappa shape index (κ1) is 19.6. The third-order valence-electron chi connectivity index (χ3n) is 4.41. The number of halogens is 3. The highest BCUT2D eigenvalue weighted by atomic mass is 19.4. The molecule has 28 heavy (non-hydrogen) atoms. The second-order valence-corrected chi connectivity index (χ2v) is 7.08. The highest BCUT2D eigenvalue weighted by molar-refractivity contribution is 6.20. The van der Waals surface area contributed by atoms with Gasteiger partial charge in [-0.3, -0.25) is 9.59 Å². The maximum atomic E-state index is 12.7. The van der Waals surface area contributed by atoms with Crippen LogP contribution in [0.4, 0.5) is 13.2 Å². The van der Waals surface area contributed by atoms with E-state index < -0.39 is 34.9 Å². The highest BCUT2D eigenvalue weighted by Gasteiger charge is 2.41. The number of alkyl halides is 3. The van der Waals surface area contributed by atoms with Crippen LogP contribution in [-0.4, -0.2) is 22.8 Å². The van der Waals surface area contributed by atoms with Gasteiger partial charge in [-0.25, -0.2) is 4.79 Å². The van der Waals surface area contributed by atoms with Crippen LogP contribution in [0.3, 0.4) is 0 Å². The maximum Gasteiger partial charge on any atom is 0.416 e. The largest absolute Gasteiger partial charge is 0.416 e. The number of hydroxylamine groups is 2. The van der Waals surface area contributed by atoms with Gasteiger partial charge in [0.05, 0.1) is 22.1 Å². The van der Waals surface area contributed by atoms with Crippen molar-refractivity contribution in [2.45, 2.75) is 26.4 Å². The Bertz CT molecular complexity index is 914. The summed E-state index contributed by atoms with van der Waals surface area (Å²) >= 11 is 0. The summed E-state index contributed by atoms with van der Waals surface area (Å²) in [7, 11) is 0. The Balaban J connectivity index is 1.72. The summed E-state index contributed by atoms with van der Waals surface area (Å²) in [5.74, 6) is -2.32. The quantitative estimate of drug-likeness (QED) is 0.739. The van der Waals surface area contributed by atoms with E-state index in [4.69, 9.17) is 4.84 Å². The van der Waals surface area contributed by atoms with E-state index >= 15 is 0 Å². The van der Waals surface area contributed by atoms with Crippen molar-refractivity contribution in [3.8, 4) is 0 Å². The van der Waals surface area contributed by atoms with Gasteiger partial charge in [-0.15, -0.1) is 0 Å². The molecule has 2 aromatic rings. The lowest BCUT2D eigenvalue weighted by molar-refractivity contribution is -0.179. The molecule has 1 heterocycles. The number of benzene rings is 2. The molecule has 1 aliphatic rings. The van der Waals surface area contributed by atoms with E-state index in [9.17, 15) is 27.6 Å². The fraction of sp³-hybridized carbons (Fsp3) is 0.250. The predicted molar refractivity (Wildman–Crippen MR) is 92.0 cm³/mol. The number of rotatable bonds is 4. The minimum atomic E-state index is -4.45. The molecule has 0 unspecified atom stereocenters. The second-order valence-electron chi connectivity index (χ2n) is 7.08. The third kappa shape index (κ3) is 3.62. The molecule has 0 saturated carbocycles. The molecule has 0 radical (unpaired) electrons. The van der Waals surface area contributed by atoms with E-state index in [0.717, 1.165) is 12.1 Å². The predicted octanol–water partition coefficient (Wildman–Crippen LogP) is 4.03. The lowest BCUT2D eigenvalue weighted by Gasteiger charge is -2.24.